The molecule has 2 aromatic carbocycles. The molecule has 0 atom stereocenters. The molecule has 0 aliphatic rings. The molecule has 1 aromatic heterocycles. The molecule has 36 heavy (non-hydrogen) atoms. The number of benzene rings is 2. The number of hydrogen-bond acceptors (Lipinski definition) is 9. The Bertz CT molecular complexity index is 1360. The number of esters is 2. The average Bonchev–Trinajstić information content (AvgIpc) is 3.16. The number of ether oxygens (including phenoxy) is 3. The molecule has 0 saturated heterocycles. The van der Waals surface area contributed by atoms with Crippen LogP contribution in [0.25, 0.3) is 10.4 Å². The maximum Gasteiger partial charge on any atom is 0.351 e. The maximum atomic E-state index is 12.4. The van der Waals surface area contributed by atoms with Gasteiger partial charge in [0.1, 0.15) is 0 Å². The van der Waals surface area contributed by atoms with Crippen molar-refractivity contribution >= 4 is 60.6 Å². The Morgan fingerprint density at radius 2 is 1.81 bits per heavy atom. The minimum Gasteiger partial charge on any atom is -0.479 e. The van der Waals surface area contributed by atoms with Gasteiger partial charge in [-0.1, -0.05) is 24.3 Å². The molecule has 0 saturated carbocycles. The van der Waals surface area contributed by atoms with Gasteiger partial charge in [0, 0.05) is 17.9 Å². The van der Waals surface area contributed by atoms with Crippen molar-refractivity contribution in [1.82, 2.24) is 0 Å². The van der Waals surface area contributed by atoms with Gasteiger partial charge >= 0.3 is 11.9 Å². The van der Waals surface area contributed by atoms with E-state index in [2.05, 4.69) is 26.0 Å². The Labute approximate surface area is 221 Å². The van der Waals surface area contributed by atoms with Gasteiger partial charge in [-0.25, -0.2) is 18.0 Å². The molecular formula is C24H25BrN2O7S2. The van der Waals surface area contributed by atoms with Gasteiger partial charge in [0.05, 0.1) is 29.3 Å². The number of sulfonamides is 1. The lowest BCUT2D eigenvalue weighted by Crippen LogP contribution is -2.15. The molecule has 0 radical (unpaired) electrons. The van der Waals surface area contributed by atoms with Crippen LogP contribution in [0, 0.1) is 0 Å². The molecule has 0 aliphatic heterocycles. The number of anilines is 2. The van der Waals surface area contributed by atoms with Crippen molar-refractivity contribution in [3.8, 4) is 16.2 Å². The molecule has 1 heterocycles. The van der Waals surface area contributed by atoms with Gasteiger partial charge in [-0.2, -0.15) is 0 Å². The van der Waals surface area contributed by atoms with E-state index < -0.39 is 22.0 Å². The highest BCUT2D eigenvalue weighted by Crippen LogP contribution is 2.46. The summed E-state index contributed by atoms with van der Waals surface area (Å²) in [6, 6.07) is 14.6. The summed E-state index contributed by atoms with van der Waals surface area (Å²) >= 11 is 4.68. The molecule has 0 bridgehead atoms. The largest absolute Gasteiger partial charge is 0.479 e. The van der Waals surface area contributed by atoms with Crippen molar-refractivity contribution < 1.29 is 32.2 Å². The van der Waals surface area contributed by atoms with Crippen LogP contribution in [0.5, 0.6) is 5.75 Å². The van der Waals surface area contributed by atoms with Crippen LogP contribution in [-0.4, -0.2) is 46.9 Å². The predicted octanol–water partition coefficient (Wildman–Crippen LogP) is 4.89. The van der Waals surface area contributed by atoms with Crippen LogP contribution in [0.3, 0.4) is 0 Å². The number of carbonyl (C=O) groups excluding carboxylic acids is 2. The first-order valence-corrected chi connectivity index (χ1v) is 14.2. The van der Waals surface area contributed by atoms with Crippen LogP contribution in [0.1, 0.15) is 22.2 Å². The molecule has 2 N–H and O–H groups in total. The SMILES string of the molecule is CCOC(=O)COc1c(C(=O)OC)sc(-c2cccc(NCc3cccc(NS(C)(=O)=O)c3)c2)c1Br. The van der Waals surface area contributed by atoms with E-state index in [1.807, 2.05) is 30.3 Å². The molecule has 0 spiro atoms. The third-order valence-corrected chi connectivity index (χ3v) is 7.50. The minimum absolute atomic E-state index is 0.212. The second-order valence-corrected chi connectivity index (χ2v) is 11.1. The lowest BCUT2D eigenvalue weighted by molar-refractivity contribution is -0.145. The number of nitrogens with one attached hydrogen (secondary N) is 2. The van der Waals surface area contributed by atoms with Gasteiger partial charge in [0.15, 0.2) is 17.2 Å². The number of carbonyl (C=O) groups is 2. The van der Waals surface area contributed by atoms with Crippen LogP contribution < -0.4 is 14.8 Å². The monoisotopic (exact) mass is 596 g/mol. The van der Waals surface area contributed by atoms with Gasteiger partial charge in [0.2, 0.25) is 10.0 Å². The van der Waals surface area contributed by atoms with Gasteiger partial charge in [-0.15, -0.1) is 11.3 Å². The third-order valence-electron chi connectivity index (χ3n) is 4.67. The average molecular weight is 598 g/mol. The zero-order valence-electron chi connectivity index (χ0n) is 19.8. The predicted molar refractivity (Wildman–Crippen MR) is 143 cm³/mol. The highest BCUT2D eigenvalue weighted by atomic mass is 79.9. The number of halogens is 1. The zero-order valence-corrected chi connectivity index (χ0v) is 23.0. The summed E-state index contributed by atoms with van der Waals surface area (Å²) in [4.78, 5) is 25.1. The fourth-order valence-corrected chi connectivity index (χ4v) is 5.73. The second kappa shape index (κ2) is 12.2. The van der Waals surface area contributed by atoms with Gasteiger partial charge < -0.3 is 19.5 Å². The molecule has 192 valence electrons. The minimum atomic E-state index is -3.37. The Morgan fingerprint density at radius 1 is 1.08 bits per heavy atom. The molecule has 3 aromatic rings. The van der Waals surface area contributed by atoms with Crippen LogP contribution in [0.2, 0.25) is 0 Å². The van der Waals surface area contributed by atoms with Crippen molar-refractivity contribution in [3.63, 3.8) is 0 Å². The van der Waals surface area contributed by atoms with Gasteiger partial charge in [-0.3, -0.25) is 4.72 Å². The Kier molecular flexibility index (Phi) is 9.35. The third kappa shape index (κ3) is 7.45. The number of hydrogen-bond donors (Lipinski definition) is 2. The van der Waals surface area contributed by atoms with Crippen LogP contribution in [0.15, 0.2) is 53.0 Å². The van der Waals surface area contributed by atoms with E-state index in [1.165, 1.54) is 18.4 Å². The van der Waals surface area contributed by atoms with E-state index in [0.717, 1.165) is 27.9 Å². The van der Waals surface area contributed by atoms with Gasteiger partial charge in [-0.05, 0) is 58.2 Å². The first kappa shape index (κ1) is 27.5. The van der Waals surface area contributed by atoms with E-state index in [1.54, 1.807) is 25.1 Å². The first-order valence-electron chi connectivity index (χ1n) is 10.7. The van der Waals surface area contributed by atoms with Crippen LogP contribution >= 0.6 is 27.3 Å². The first-order chi connectivity index (χ1) is 17.1. The van der Waals surface area contributed by atoms with Gasteiger partial charge in [0.25, 0.3) is 0 Å². The highest BCUT2D eigenvalue weighted by Gasteiger charge is 2.25. The summed E-state index contributed by atoms with van der Waals surface area (Å²) in [7, 11) is -2.09. The van der Waals surface area contributed by atoms with E-state index >= 15 is 0 Å². The number of thiophene rings is 1. The van der Waals surface area contributed by atoms with Crippen molar-refractivity contribution in [2.45, 2.75) is 13.5 Å². The second-order valence-electron chi connectivity index (χ2n) is 7.50. The summed E-state index contributed by atoms with van der Waals surface area (Å²) in [5, 5.41) is 3.32. The van der Waals surface area contributed by atoms with E-state index in [9.17, 15) is 18.0 Å². The molecule has 0 aliphatic carbocycles. The zero-order chi connectivity index (χ0) is 26.3. The summed E-state index contributed by atoms with van der Waals surface area (Å²) in [5.74, 6) is -0.916. The van der Waals surface area contributed by atoms with Crippen molar-refractivity contribution in [2.24, 2.45) is 0 Å². The van der Waals surface area contributed by atoms with E-state index in [4.69, 9.17) is 14.2 Å². The molecule has 3 rings (SSSR count). The lowest BCUT2D eigenvalue weighted by atomic mass is 10.1. The number of methoxy groups -OCH3 is 1. The van der Waals surface area contributed by atoms with Crippen molar-refractivity contribution in [1.29, 1.82) is 0 Å². The van der Waals surface area contributed by atoms with Crippen LogP contribution in [0.4, 0.5) is 11.4 Å². The Hall–Kier alpha value is -3.09. The molecule has 0 fully saturated rings. The Balaban J connectivity index is 1.82. The summed E-state index contributed by atoms with van der Waals surface area (Å²) in [6.45, 7) is 2.03. The highest BCUT2D eigenvalue weighted by molar-refractivity contribution is 9.10. The molecular weight excluding hydrogens is 572 g/mol. The lowest BCUT2D eigenvalue weighted by Gasteiger charge is -2.10. The summed E-state index contributed by atoms with van der Waals surface area (Å²) in [5.41, 5.74) is 2.98. The fourth-order valence-electron chi connectivity index (χ4n) is 3.20. The molecule has 12 heteroatoms. The molecule has 9 nitrogen and oxygen atoms in total. The molecule has 0 unspecified atom stereocenters. The van der Waals surface area contributed by atoms with Crippen LogP contribution in [-0.2, 0) is 30.8 Å². The van der Waals surface area contributed by atoms with Crippen molar-refractivity contribution in [2.75, 3.05) is 36.6 Å². The normalized spacial score (nSPS) is 11.0. The quantitative estimate of drug-likeness (QED) is 0.300. The standard InChI is InChI=1S/C24H25BrN2O7S2/c1-4-33-19(28)14-34-21-20(25)22(35-23(21)24(29)32-2)16-8-6-9-17(12-16)26-13-15-7-5-10-18(11-15)27-36(3,30)31/h5-12,26-27H,4,13-14H2,1-3H3. The smallest absolute Gasteiger partial charge is 0.351 e. The number of rotatable bonds is 11. The van der Waals surface area contributed by atoms with Crippen molar-refractivity contribution in [3.05, 3.63) is 63.4 Å². The summed E-state index contributed by atoms with van der Waals surface area (Å²) in [6.07, 6.45) is 1.10. The summed E-state index contributed by atoms with van der Waals surface area (Å²) < 4.78 is 41.4. The molecule has 0 amide bonds. The fraction of sp³-hybridized carbons (Fsp3) is 0.250. The van der Waals surface area contributed by atoms with E-state index in [-0.39, 0.29) is 23.8 Å². The Morgan fingerprint density at radius 3 is 2.50 bits per heavy atom. The topological polar surface area (TPSA) is 120 Å². The van der Waals surface area contributed by atoms with E-state index in [0.29, 0.717) is 16.7 Å². The maximum absolute atomic E-state index is 12.4.